The fourth-order valence-corrected chi connectivity index (χ4v) is 4.73. The van der Waals surface area contributed by atoms with Crippen LogP contribution in [0.15, 0.2) is 23.6 Å². The van der Waals surface area contributed by atoms with Gasteiger partial charge in [0, 0.05) is 22.9 Å². The summed E-state index contributed by atoms with van der Waals surface area (Å²) >= 11 is 1.43. The van der Waals surface area contributed by atoms with Gasteiger partial charge in [0.25, 0.3) is 0 Å². The Morgan fingerprint density at radius 2 is 2.08 bits per heavy atom. The van der Waals surface area contributed by atoms with Gasteiger partial charge in [-0.25, -0.2) is 10.4 Å². The number of hydrazine groups is 1. The molecule has 3 aliphatic rings. The van der Waals surface area contributed by atoms with Crippen LogP contribution in [0.5, 0.6) is 11.5 Å². The van der Waals surface area contributed by atoms with Gasteiger partial charge in [0.1, 0.15) is 6.04 Å². The molecule has 3 N–H and O–H groups in total. The van der Waals surface area contributed by atoms with Crippen molar-refractivity contribution in [1.82, 2.24) is 15.8 Å². The molecule has 0 bridgehead atoms. The number of anilines is 1. The van der Waals surface area contributed by atoms with Gasteiger partial charge < -0.3 is 14.8 Å². The highest BCUT2D eigenvalue weighted by atomic mass is 32.1. The van der Waals surface area contributed by atoms with Crippen LogP contribution in [-0.4, -0.2) is 29.8 Å². The van der Waals surface area contributed by atoms with E-state index in [-0.39, 0.29) is 18.7 Å². The summed E-state index contributed by atoms with van der Waals surface area (Å²) in [6, 6.07) is 5.95. The molecule has 1 saturated carbocycles. The number of hydrogen-bond acceptors (Lipinski definition) is 7. The molecule has 1 aliphatic carbocycles. The Bertz CT molecular complexity index is 840. The number of hydrogen-bond donors (Lipinski definition) is 3. The number of nitrogens with one attached hydrogen (secondary N) is 3. The Balaban J connectivity index is 1.29. The highest BCUT2D eigenvalue weighted by Gasteiger charge is 2.41. The van der Waals surface area contributed by atoms with Crippen LogP contribution in [0, 0.1) is 5.92 Å². The molecule has 1 saturated heterocycles. The number of aromatic nitrogens is 1. The van der Waals surface area contributed by atoms with Gasteiger partial charge in [-0.05, 0) is 31.0 Å². The Morgan fingerprint density at radius 3 is 3.04 bits per heavy atom. The van der Waals surface area contributed by atoms with Crippen molar-refractivity contribution < 1.29 is 14.3 Å². The van der Waals surface area contributed by atoms with E-state index >= 15 is 0 Å². The first-order valence-electron chi connectivity index (χ1n) is 8.95. The number of thiazole rings is 1. The summed E-state index contributed by atoms with van der Waals surface area (Å²) in [7, 11) is 0. The number of fused-ring (bicyclic) bond motifs is 2. The van der Waals surface area contributed by atoms with Gasteiger partial charge in [-0.3, -0.25) is 10.2 Å². The molecule has 0 spiro atoms. The quantitative estimate of drug-likeness (QED) is 0.768. The number of rotatable bonds is 3. The fraction of sp³-hybridized carbons (Fsp3) is 0.444. The summed E-state index contributed by atoms with van der Waals surface area (Å²) in [6.45, 7) is 0.252. The molecular formula is C18H20N4O3S. The summed E-state index contributed by atoms with van der Waals surface area (Å²) in [5.74, 6) is 1.82. The Hall–Kier alpha value is -2.16. The lowest BCUT2D eigenvalue weighted by atomic mass is 9.81. The fourth-order valence-electron chi connectivity index (χ4n) is 4.00. The number of nitrogens with zero attached hydrogens (tertiary/aromatic N) is 1. The number of carbonyl (C=O) groups is 1. The van der Waals surface area contributed by atoms with Crippen molar-refractivity contribution in [2.75, 3.05) is 12.1 Å². The molecule has 3 heterocycles. The lowest BCUT2D eigenvalue weighted by Crippen LogP contribution is -2.42. The van der Waals surface area contributed by atoms with E-state index in [9.17, 15) is 4.79 Å². The Labute approximate surface area is 155 Å². The minimum absolute atomic E-state index is 0.0153. The van der Waals surface area contributed by atoms with Crippen LogP contribution in [0.4, 0.5) is 5.13 Å². The van der Waals surface area contributed by atoms with Crippen LogP contribution in [0.25, 0.3) is 11.3 Å². The van der Waals surface area contributed by atoms with Crippen molar-refractivity contribution in [1.29, 1.82) is 0 Å². The first-order valence-corrected chi connectivity index (χ1v) is 9.83. The number of amides is 1. The van der Waals surface area contributed by atoms with E-state index < -0.39 is 0 Å². The minimum Gasteiger partial charge on any atom is -0.454 e. The van der Waals surface area contributed by atoms with Crippen molar-refractivity contribution in [3.63, 3.8) is 0 Å². The third-order valence-corrected chi connectivity index (χ3v) is 6.11. The van der Waals surface area contributed by atoms with Gasteiger partial charge >= 0.3 is 0 Å². The molecule has 2 aromatic rings. The predicted octanol–water partition coefficient (Wildman–Crippen LogP) is 2.51. The lowest BCUT2D eigenvalue weighted by Gasteiger charge is -2.26. The zero-order chi connectivity index (χ0) is 17.5. The van der Waals surface area contributed by atoms with Crippen LogP contribution < -0.4 is 25.6 Å². The highest BCUT2D eigenvalue weighted by molar-refractivity contribution is 7.14. The van der Waals surface area contributed by atoms with Crippen molar-refractivity contribution in [3.05, 3.63) is 23.6 Å². The van der Waals surface area contributed by atoms with Crippen molar-refractivity contribution in [2.24, 2.45) is 5.92 Å². The van der Waals surface area contributed by atoms with Crippen LogP contribution in [0.3, 0.4) is 0 Å². The molecule has 136 valence electrons. The van der Waals surface area contributed by atoms with E-state index in [1.807, 2.05) is 23.6 Å². The van der Waals surface area contributed by atoms with Gasteiger partial charge in [-0.1, -0.05) is 12.8 Å². The van der Waals surface area contributed by atoms with Gasteiger partial charge in [0.2, 0.25) is 12.7 Å². The largest absolute Gasteiger partial charge is 0.454 e. The van der Waals surface area contributed by atoms with E-state index in [2.05, 4.69) is 21.2 Å². The number of benzene rings is 1. The molecule has 2 aliphatic heterocycles. The average molecular weight is 372 g/mol. The molecule has 7 nitrogen and oxygen atoms in total. The summed E-state index contributed by atoms with van der Waals surface area (Å²) in [6.07, 6.45) is 4.64. The average Bonchev–Trinajstić information content (AvgIpc) is 3.39. The second kappa shape index (κ2) is 6.53. The minimum atomic E-state index is -0.196. The zero-order valence-corrected chi connectivity index (χ0v) is 15.0. The standard InChI is InChI=1S/C18H20N4O3S/c23-17(16-11-3-1-2-4-12(11)21-22-16)20-18-19-13(8-26-18)10-5-6-14-15(7-10)25-9-24-14/h5-8,11-12,16,21-22H,1-4,9H2,(H,19,20,23). The molecule has 8 heteroatoms. The third kappa shape index (κ3) is 2.84. The summed E-state index contributed by atoms with van der Waals surface area (Å²) in [5.41, 5.74) is 8.21. The molecule has 3 unspecified atom stereocenters. The van der Waals surface area contributed by atoms with Crippen LogP contribution in [0.2, 0.25) is 0 Å². The second-order valence-corrected chi connectivity index (χ2v) is 7.77. The first-order chi connectivity index (χ1) is 12.8. The summed E-state index contributed by atoms with van der Waals surface area (Å²) < 4.78 is 10.8. The number of ether oxygens (including phenoxy) is 2. The SMILES string of the molecule is O=C(Nc1nc(-c2ccc3c(c2)OCO3)cs1)C1NNC2CCCCC21. The molecule has 1 amide bonds. The maximum Gasteiger partial charge on any atom is 0.244 e. The number of carbonyl (C=O) groups excluding carboxylic acids is 1. The summed E-state index contributed by atoms with van der Waals surface area (Å²) in [4.78, 5) is 17.2. The van der Waals surface area contributed by atoms with Crippen molar-refractivity contribution >= 4 is 22.4 Å². The zero-order valence-electron chi connectivity index (χ0n) is 14.2. The lowest BCUT2D eigenvalue weighted by molar-refractivity contribution is -0.118. The Kier molecular flexibility index (Phi) is 4.03. The second-order valence-electron chi connectivity index (χ2n) is 6.92. The molecule has 5 rings (SSSR count). The topological polar surface area (TPSA) is 84.5 Å². The molecule has 26 heavy (non-hydrogen) atoms. The van der Waals surface area contributed by atoms with Crippen LogP contribution in [-0.2, 0) is 4.79 Å². The van der Waals surface area contributed by atoms with E-state index in [4.69, 9.17) is 9.47 Å². The highest BCUT2D eigenvalue weighted by Crippen LogP contribution is 2.37. The monoisotopic (exact) mass is 372 g/mol. The smallest absolute Gasteiger partial charge is 0.244 e. The normalized spacial score (nSPS) is 26.5. The van der Waals surface area contributed by atoms with Crippen LogP contribution in [0.1, 0.15) is 25.7 Å². The third-order valence-electron chi connectivity index (χ3n) is 5.36. The first kappa shape index (κ1) is 16.0. The van der Waals surface area contributed by atoms with Crippen molar-refractivity contribution in [3.8, 4) is 22.8 Å². The van der Waals surface area contributed by atoms with E-state index in [1.165, 1.54) is 24.2 Å². The molecule has 0 radical (unpaired) electrons. The van der Waals surface area contributed by atoms with Gasteiger partial charge in [0.05, 0.1) is 5.69 Å². The molecule has 2 fully saturated rings. The van der Waals surface area contributed by atoms with E-state index in [0.29, 0.717) is 17.1 Å². The predicted molar refractivity (Wildman–Crippen MR) is 98.1 cm³/mol. The molecule has 1 aromatic carbocycles. The molecule has 1 aromatic heterocycles. The van der Waals surface area contributed by atoms with Crippen LogP contribution >= 0.6 is 11.3 Å². The van der Waals surface area contributed by atoms with Gasteiger partial charge in [0.15, 0.2) is 16.6 Å². The Morgan fingerprint density at radius 1 is 1.19 bits per heavy atom. The van der Waals surface area contributed by atoms with Crippen molar-refractivity contribution in [2.45, 2.75) is 37.8 Å². The van der Waals surface area contributed by atoms with E-state index in [0.717, 1.165) is 35.6 Å². The van der Waals surface area contributed by atoms with Gasteiger partial charge in [-0.15, -0.1) is 11.3 Å². The molecule has 3 atom stereocenters. The van der Waals surface area contributed by atoms with Gasteiger partial charge in [-0.2, -0.15) is 0 Å². The maximum atomic E-state index is 12.7. The summed E-state index contributed by atoms with van der Waals surface area (Å²) in [5, 5.41) is 5.53. The van der Waals surface area contributed by atoms with E-state index in [1.54, 1.807) is 0 Å². The maximum absolute atomic E-state index is 12.7. The molecular weight excluding hydrogens is 352 g/mol.